The predicted octanol–water partition coefficient (Wildman–Crippen LogP) is 4.56. The minimum absolute atomic E-state index is 0.0180. The van der Waals surface area contributed by atoms with Crippen molar-refractivity contribution in [3.8, 4) is 16.9 Å². The van der Waals surface area contributed by atoms with Crippen LogP contribution in [0.3, 0.4) is 0 Å². The second-order valence-electron chi connectivity index (χ2n) is 8.83. The number of carbonyl (C=O) groups excluding carboxylic acids is 1. The van der Waals surface area contributed by atoms with Crippen molar-refractivity contribution in [2.45, 2.75) is 29.6 Å². The van der Waals surface area contributed by atoms with E-state index in [1.54, 1.807) is 37.3 Å². The Hall–Kier alpha value is -3.01. The third-order valence-electron chi connectivity index (χ3n) is 5.92. The molecular formula is C25H22ClF2NO5S. The summed E-state index contributed by atoms with van der Waals surface area (Å²) in [6.07, 6.45) is 0.350. The molecule has 1 saturated heterocycles. The fourth-order valence-corrected chi connectivity index (χ4v) is 5.83. The highest BCUT2D eigenvalue weighted by Crippen LogP contribution is 2.36. The van der Waals surface area contributed by atoms with Crippen molar-refractivity contribution in [1.82, 2.24) is 4.90 Å². The van der Waals surface area contributed by atoms with Crippen molar-refractivity contribution in [2.24, 2.45) is 0 Å². The highest BCUT2D eigenvalue weighted by Gasteiger charge is 2.35. The first-order valence-corrected chi connectivity index (χ1v) is 12.7. The number of aliphatic hydroxyl groups is 1. The Bertz CT molecular complexity index is 1410. The number of nitrogens with zero attached hydrogens (tertiary/aromatic N) is 1. The predicted molar refractivity (Wildman–Crippen MR) is 127 cm³/mol. The van der Waals surface area contributed by atoms with Crippen LogP contribution in [0.2, 0.25) is 5.02 Å². The van der Waals surface area contributed by atoms with Gasteiger partial charge in [-0.3, -0.25) is 4.79 Å². The van der Waals surface area contributed by atoms with Gasteiger partial charge in [-0.25, -0.2) is 17.2 Å². The Morgan fingerprint density at radius 3 is 2.43 bits per heavy atom. The molecule has 1 fully saturated rings. The summed E-state index contributed by atoms with van der Waals surface area (Å²) in [6.45, 7) is 1.89. The van der Waals surface area contributed by atoms with Crippen LogP contribution in [0.4, 0.5) is 8.78 Å². The van der Waals surface area contributed by atoms with E-state index >= 15 is 0 Å². The molecule has 0 unspecified atom stereocenters. The number of aromatic hydroxyl groups is 1. The molecule has 1 amide bonds. The molecule has 0 aromatic heterocycles. The molecule has 0 aliphatic carbocycles. The van der Waals surface area contributed by atoms with E-state index in [0.29, 0.717) is 18.1 Å². The molecule has 1 aliphatic heterocycles. The van der Waals surface area contributed by atoms with Crippen LogP contribution >= 0.6 is 11.6 Å². The van der Waals surface area contributed by atoms with Crippen molar-refractivity contribution in [3.63, 3.8) is 0 Å². The van der Waals surface area contributed by atoms with Gasteiger partial charge in [0.05, 0.1) is 16.4 Å². The average molecular weight is 522 g/mol. The second-order valence-corrected chi connectivity index (χ2v) is 11.2. The lowest BCUT2D eigenvalue weighted by atomic mass is 10.0. The summed E-state index contributed by atoms with van der Waals surface area (Å²) in [6, 6.07) is 12.1. The van der Waals surface area contributed by atoms with Gasteiger partial charge >= 0.3 is 0 Å². The van der Waals surface area contributed by atoms with Gasteiger partial charge in [0, 0.05) is 35.8 Å². The number of likely N-dealkylation sites (tertiary alicyclic amines) is 1. The molecule has 184 valence electrons. The molecule has 2 N–H and O–H groups in total. The standard InChI is InChI=1S/C25H22ClF2NO5S/c1-25(32)7-8-29(14-25)24(31)16-10-19(26)23(30)22(11-16)35(33,34)13-17-9-18(21(28)12-20(17)27)15-5-3-2-4-6-15/h2-6,9-12,30,32H,7-8,13-14H2,1H3/t25-/m0/s1. The highest BCUT2D eigenvalue weighted by atomic mass is 35.5. The van der Waals surface area contributed by atoms with E-state index in [4.69, 9.17) is 11.6 Å². The third-order valence-corrected chi connectivity index (χ3v) is 7.88. The number of carbonyl (C=O) groups is 1. The highest BCUT2D eigenvalue weighted by molar-refractivity contribution is 7.90. The van der Waals surface area contributed by atoms with Crippen LogP contribution in [0.15, 0.2) is 59.5 Å². The molecule has 0 bridgehead atoms. The first-order chi connectivity index (χ1) is 16.4. The van der Waals surface area contributed by atoms with Gasteiger partial charge in [0.2, 0.25) is 0 Å². The van der Waals surface area contributed by atoms with Crippen LogP contribution in [0.1, 0.15) is 29.3 Å². The smallest absolute Gasteiger partial charge is 0.254 e. The maximum absolute atomic E-state index is 14.6. The molecule has 1 atom stereocenters. The summed E-state index contributed by atoms with van der Waals surface area (Å²) >= 11 is 6.03. The lowest BCUT2D eigenvalue weighted by molar-refractivity contribution is 0.0572. The van der Waals surface area contributed by atoms with Crippen LogP contribution in [0.5, 0.6) is 5.75 Å². The molecule has 3 aromatic rings. The van der Waals surface area contributed by atoms with Crippen LogP contribution in [0, 0.1) is 11.6 Å². The summed E-state index contributed by atoms with van der Waals surface area (Å²) in [5, 5.41) is 20.2. The van der Waals surface area contributed by atoms with Gasteiger partial charge in [-0.1, -0.05) is 41.9 Å². The quantitative estimate of drug-likeness (QED) is 0.513. The molecule has 4 rings (SSSR count). The second kappa shape index (κ2) is 9.22. The summed E-state index contributed by atoms with van der Waals surface area (Å²) in [7, 11) is -4.42. The van der Waals surface area contributed by atoms with Crippen LogP contribution < -0.4 is 0 Å². The molecule has 0 spiro atoms. The van der Waals surface area contributed by atoms with Crippen LogP contribution in [0.25, 0.3) is 11.1 Å². The number of benzene rings is 3. The van der Waals surface area contributed by atoms with E-state index < -0.39 is 49.4 Å². The Morgan fingerprint density at radius 2 is 1.80 bits per heavy atom. The molecule has 6 nitrogen and oxygen atoms in total. The summed E-state index contributed by atoms with van der Waals surface area (Å²) in [4.78, 5) is 13.6. The fourth-order valence-electron chi connectivity index (χ4n) is 4.06. The normalized spacial score (nSPS) is 18.1. The van der Waals surface area contributed by atoms with Gasteiger partial charge in [0.25, 0.3) is 5.91 Å². The lowest BCUT2D eigenvalue weighted by Crippen LogP contribution is -2.34. The first-order valence-electron chi connectivity index (χ1n) is 10.7. The van der Waals surface area contributed by atoms with E-state index in [2.05, 4.69) is 0 Å². The van der Waals surface area contributed by atoms with Crippen molar-refractivity contribution in [2.75, 3.05) is 13.1 Å². The van der Waals surface area contributed by atoms with Crippen molar-refractivity contribution < 1.29 is 32.2 Å². The molecule has 1 aliphatic rings. The number of phenolic OH excluding ortho intramolecular Hbond substituents is 1. The van der Waals surface area contributed by atoms with Gasteiger partial charge in [-0.15, -0.1) is 0 Å². The Morgan fingerprint density at radius 1 is 1.11 bits per heavy atom. The molecular weight excluding hydrogens is 500 g/mol. The zero-order valence-electron chi connectivity index (χ0n) is 18.6. The number of sulfone groups is 1. The van der Waals surface area contributed by atoms with E-state index in [0.717, 1.165) is 18.2 Å². The number of β-amino-alcohol motifs (C(OH)–C–C–N with tert-alkyl or cyclic N) is 1. The molecule has 3 aromatic carbocycles. The maximum Gasteiger partial charge on any atom is 0.254 e. The Balaban J connectivity index is 1.71. The van der Waals surface area contributed by atoms with E-state index in [9.17, 15) is 32.2 Å². The maximum atomic E-state index is 14.6. The van der Waals surface area contributed by atoms with Gasteiger partial charge in [0.15, 0.2) is 15.6 Å². The number of phenols is 1. The number of rotatable bonds is 5. The fraction of sp³-hybridized carbons (Fsp3) is 0.240. The molecule has 0 saturated carbocycles. The van der Waals surface area contributed by atoms with Crippen molar-refractivity contribution >= 4 is 27.3 Å². The van der Waals surface area contributed by atoms with E-state index in [1.807, 2.05) is 0 Å². The molecule has 10 heteroatoms. The third kappa shape index (κ3) is 5.17. The Labute approximate surface area is 206 Å². The lowest BCUT2D eigenvalue weighted by Gasteiger charge is -2.20. The minimum Gasteiger partial charge on any atom is -0.505 e. The monoisotopic (exact) mass is 521 g/mol. The largest absolute Gasteiger partial charge is 0.505 e. The Kier molecular flexibility index (Phi) is 6.61. The topological polar surface area (TPSA) is 94.9 Å². The van der Waals surface area contributed by atoms with Gasteiger partial charge < -0.3 is 15.1 Å². The minimum atomic E-state index is -4.42. The molecule has 0 radical (unpaired) electrons. The van der Waals surface area contributed by atoms with Crippen molar-refractivity contribution in [1.29, 1.82) is 0 Å². The zero-order valence-corrected chi connectivity index (χ0v) is 20.2. The number of hydrogen-bond acceptors (Lipinski definition) is 5. The number of amides is 1. The number of hydrogen-bond donors (Lipinski definition) is 2. The van der Waals surface area contributed by atoms with Gasteiger partial charge in [0.1, 0.15) is 16.5 Å². The average Bonchev–Trinajstić information content (AvgIpc) is 3.16. The van der Waals surface area contributed by atoms with Gasteiger partial charge in [-0.2, -0.15) is 0 Å². The summed E-state index contributed by atoms with van der Waals surface area (Å²) in [5.41, 5.74) is -1.03. The van der Waals surface area contributed by atoms with Crippen molar-refractivity contribution in [3.05, 3.63) is 82.4 Å². The zero-order chi connectivity index (χ0) is 25.5. The van der Waals surface area contributed by atoms with Gasteiger partial charge in [-0.05, 0) is 37.1 Å². The van der Waals surface area contributed by atoms with E-state index in [1.165, 1.54) is 4.90 Å². The SMILES string of the molecule is C[C@]1(O)CCN(C(=O)c2cc(Cl)c(O)c(S(=O)(=O)Cc3cc(-c4ccccc4)c(F)cc3F)c2)C1. The first kappa shape index (κ1) is 25.1. The van der Waals surface area contributed by atoms with E-state index in [-0.39, 0.29) is 34.8 Å². The van der Waals surface area contributed by atoms with Crippen LogP contribution in [-0.2, 0) is 15.6 Å². The summed E-state index contributed by atoms with van der Waals surface area (Å²) in [5.74, 6) is -4.17. The van der Waals surface area contributed by atoms with Crippen LogP contribution in [-0.4, -0.2) is 48.1 Å². The number of halogens is 3. The molecule has 35 heavy (non-hydrogen) atoms. The molecule has 1 heterocycles. The summed E-state index contributed by atoms with van der Waals surface area (Å²) < 4.78 is 55.4.